The molecule has 2 rings (SSSR count). The van der Waals surface area contributed by atoms with Gasteiger partial charge in [-0.1, -0.05) is 11.6 Å². The summed E-state index contributed by atoms with van der Waals surface area (Å²) < 4.78 is 0.595. The Morgan fingerprint density at radius 2 is 2.15 bits per heavy atom. The van der Waals surface area contributed by atoms with E-state index >= 15 is 0 Å². The number of aromatic nitrogens is 1. The van der Waals surface area contributed by atoms with Gasteiger partial charge in [-0.05, 0) is 40.8 Å². The molecule has 8 heteroatoms. The summed E-state index contributed by atoms with van der Waals surface area (Å²) in [5, 5.41) is 13.6. The van der Waals surface area contributed by atoms with Crippen LogP contribution in [0.15, 0.2) is 36.5 Å². The fourth-order valence-electron chi connectivity index (χ4n) is 1.45. The van der Waals surface area contributed by atoms with Crippen LogP contribution in [0.4, 0.5) is 11.5 Å². The fourth-order valence-corrected chi connectivity index (χ4v) is 2.20. The van der Waals surface area contributed by atoms with Gasteiger partial charge in [0.25, 0.3) is 11.6 Å². The lowest BCUT2D eigenvalue weighted by Crippen LogP contribution is -2.15. The van der Waals surface area contributed by atoms with Crippen molar-refractivity contribution in [3.63, 3.8) is 0 Å². The molecule has 0 saturated heterocycles. The topological polar surface area (TPSA) is 85.1 Å². The third-order valence-corrected chi connectivity index (χ3v) is 3.64. The molecule has 0 aliphatic carbocycles. The standard InChI is InChI=1S/C12H7ClIN3O3/c13-9-2-1-5-15-11(9)16-12(18)8-6-7(17(19)20)3-4-10(8)14/h1-6H,(H,15,16,18). The number of nitro benzene ring substituents is 1. The Balaban J connectivity index is 2.32. The van der Waals surface area contributed by atoms with Gasteiger partial charge in [0.05, 0.1) is 15.5 Å². The van der Waals surface area contributed by atoms with Crippen LogP contribution < -0.4 is 5.32 Å². The summed E-state index contributed by atoms with van der Waals surface area (Å²) in [5.74, 6) is -0.292. The van der Waals surface area contributed by atoms with Crippen molar-refractivity contribution in [1.82, 2.24) is 4.98 Å². The molecule has 1 heterocycles. The summed E-state index contributed by atoms with van der Waals surface area (Å²) >= 11 is 7.82. The summed E-state index contributed by atoms with van der Waals surface area (Å²) in [7, 11) is 0. The van der Waals surface area contributed by atoms with E-state index < -0.39 is 10.8 Å². The summed E-state index contributed by atoms with van der Waals surface area (Å²) in [6.45, 7) is 0. The first-order valence-corrected chi connectivity index (χ1v) is 6.80. The van der Waals surface area contributed by atoms with Crippen LogP contribution in [-0.4, -0.2) is 15.8 Å². The molecule has 1 amide bonds. The van der Waals surface area contributed by atoms with Crippen molar-refractivity contribution in [2.45, 2.75) is 0 Å². The Bertz CT molecular complexity index is 693. The van der Waals surface area contributed by atoms with Crippen LogP contribution in [0.3, 0.4) is 0 Å². The first kappa shape index (κ1) is 14.7. The lowest BCUT2D eigenvalue weighted by Gasteiger charge is -2.07. The average molecular weight is 404 g/mol. The number of benzene rings is 1. The predicted octanol–water partition coefficient (Wildman–Crippen LogP) is 3.50. The molecule has 0 bridgehead atoms. The Morgan fingerprint density at radius 3 is 2.80 bits per heavy atom. The zero-order valence-corrected chi connectivity index (χ0v) is 12.8. The zero-order chi connectivity index (χ0) is 14.7. The van der Waals surface area contributed by atoms with Gasteiger partial charge in [0, 0.05) is 21.9 Å². The summed E-state index contributed by atoms with van der Waals surface area (Å²) in [6, 6.07) is 7.28. The SMILES string of the molecule is O=C(Nc1ncccc1Cl)c1cc([N+](=O)[O-])ccc1I. The lowest BCUT2D eigenvalue weighted by atomic mass is 10.2. The van der Waals surface area contributed by atoms with Crippen molar-refractivity contribution in [1.29, 1.82) is 0 Å². The van der Waals surface area contributed by atoms with Crippen LogP contribution in [-0.2, 0) is 0 Å². The molecule has 102 valence electrons. The average Bonchev–Trinajstić information content (AvgIpc) is 2.41. The number of rotatable bonds is 3. The van der Waals surface area contributed by atoms with E-state index in [-0.39, 0.29) is 17.1 Å². The maximum absolute atomic E-state index is 12.1. The molecule has 2 aromatic rings. The second kappa shape index (κ2) is 6.14. The van der Waals surface area contributed by atoms with Crippen LogP contribution in [0, 0.1) is 13.7 Å². The highest BCUT2D eigenvalue weighted by Crippen LogP contribution is 2.22. The molecule has 1 aromatic heterocycles. The number of carbonyl (C=O) groups excluding carboxylic acids is 1. The van der Waals surface area contributed by atoms with Crippen LogP contribution >= 0.6 is 34.2 Å². The van der Waals surface area contributed by atoms with E-state index in [0.29, 0.717) is 8.59 Å². The molecule has 6 nitrogen and oxygen atoms in total. The van der Waals surface area contributed by atoms with E-state index in [4.69, 9.17) is 11.6 Å². The molecular weight excluding hydrogens is 397 g/mol. The van der Waals surface area contributed by atoms with Gasteiger partial charge in [-0.2, -0.15) is 0 Å². The largest absolute Gasteiger partial charge is 0.305 e. The zero-order valence-electron chi connectivity index (χ0n) is 9.84. The van der Waals surface area contributed by atoms with Crippen molar-refractivity contribution < 1.29 is 9.72 Å². The van der Waals surface area contributed by atoms with Crippen molar-refractivity contribution in [2.24, 2.45) is 0 Å². The summed E-state index contributed by atoms with van der Waals surface area (Å²) in [4.78, 5) is 26.2. The number of nitro groups is 1. The number of non-ortho nitro benzene ring substituents is 1. The molecule has 0 unspecified atom stereocenters. The maximum atomic E-state index is 12.1. The summed E-state index contributed by atoms with van der Waals surface area (Å²) in [5.41, 5.74) is 0.0456. The van der Waals surface area contributed by atoms with Crippen molar-refractivity contribution >= 4 is 51.6 Å². The molecule has 1 N–H and O–H groups in total. The fraction of sp³-hybridized carbons (Fsp3) is 0. The molecule has 0 spiro atoms. The van der Waals surface area contributed by atoms with Gasteiger partial charge in [0.1, 0.15) is 0 Å². The number of hydrogen-bond donors (Lipinski definition) is 1. The third-order valence-electron chi connectivity index (χ3n) is 2.40. The summed E-state index contributed by atoms with van der Waals surface area (Å²) in [6.07, 6.45) is 1.49. The number of anilines is 1. The van der Waals surface area contributed by atoms with E-state index in [2.05, 4.69) is 10.3 Å². The molecule has 0 aliphatic rings. The van der Waals surface area contributed by atoms with E-state index in [1.807, 2.05) is 22.6 Å². The number of halogens is 2. The monoisotopic (exact) mass is 403 g/mol. The highest BCUT2D eigenvalue weighted by molar-refractivity contribution is 14.1. The first-order valence-electron chi connectivity index (χ1n) is 5.35. The molecular formula is C12H7ClIN3O3. The van der Waals surface area contributed by atoms with Gasteiger partial charge in [0.2, 0.25) is 0 Å². The first-order chi connectivity index (χ1) is 9.49. The quantitative estimate of drug-likeness (QED) is 0.483. The van der Waals surface area contributed by atoms with Crippen LogP contribution in [0.5, 0.6) is 0 Å². The van der Waals surface area contributed by atoms with E-state index in [1.165, 1.54) is 24.4 Å². The van der Waals surface area contributed by atoms with Crippen molar-refractivity contribution in [2.75, 3.05) is 5.32 Å². The van der Waals surface area contributed by atoms with Gasteiger partial charge >= 0.3 is 0 Å². The molecule has 0 fully saturated rings. The molecule has 0 atom stereocenters. The minimum atomic E-state index is -0.555. The second-order valence-corrected chi connectivity index (χ2v) is 5.28. The van der Waals surface area contributed by atoms with Gasteiger partial charge in [-0.25, -0.2) is 4.98 Å². The van der Waals surface area contributed by atoms with E-state index in [1.54, 1.807) is 12.1 Å². The number of nitrogens with one attached hydrogen (secondary N) is 1. The molecule has 0 aliphatic heterocycles. The van der Waals surface area contributed by atoms with Gasteiger partial charge in [-0.3, -0.25) is 14.9 Å². The molecule has 0 radical (unpaired) electrons. The highest BCUT2D eigenvalue weighted by atomic mass is 127. The number of amides is 1. The third kappa shape index (κ3) is 3.23. The van der Waals surface area contributed by atoms with Crippen LogP contribution in [0.25, 0.3) is 0 Å². The normalized spacial score (nSPS) is 10.1. The predicted molar refractivity (Wildman–Crippen MR) is 83.0 cm³/mol. The lowest BCUT2D eigenvalue weighted by molar-refractivity contribution is -0.384. The van der Waals surface area contributed by atoms with E-state index in [0.717, 1.165) is 0 Å². The second-order valence-electron chi connectivity index (χ2n) is 3.71. The minimum Gasteiger partial charge on any atom is -0.305 e. The van der Waals surface area contributed by atoms with E-state index in [9.17, 15) is 14.9 Å². The molecule has 0 saturated carbocycles. The smallest absolute Gasteiger partial charge is 0.270 e. The Hall–Kier alpha value is -1.74. The molecule has 20 heavy (non-hydrogen) atoms. The van der Waals surface area contributed by atoms with Crippen LogP contribution in [0.2, 0.25) is 5.02 Å². The highest BCUT2D eigenvalue weighted by Gasteiger charge is 2.16. The molecule has 1 aromatic carbocycles. The van der Waals surface area contributed by atoms with Crippen molar-refractivity contribution in [3.05, 3.63) is 60.8 Å². The Labute approximate surface area is 132 Å². The Kier molecular flexibility index (Phi) is 4.50. The van der Waals surface area contributed by atoms with Crippen molar-refractivity contribution in [3.8, 4) is 0 Å². The number of nitrogens with zero attached hydrogens (tertiary/aromatic N) is 2. The van der Waals surface area contributed by atoms with Crippen LogP contribution in [0.1, 0.15) is 10.4 Å². The number of pyridine rings is 1. The minimum absolute atomic E-state index is 0.150. The van der Waals surface area contributed by atoms with Gasteiger partial charge in [0.15, 0.2) is 5.82 Å². The van der Waals surface area contributed by atoms with Gasteiger partial charge in [-0.15, -0.1) is 0 Å². The van der Waals surface area contributed by atoms with Gasteiger partial charge < -0.3 is 5.32 Å². The Morgan fingerprint density at radius 1 is 1.40 bits per heavy atom. The maximum Gasteiger partial charge on any atom is 0.270 e. The number of hydrogen-bond acceptors (Lipinski definition) is 4. The number of carbonyl (C=O) groups is 1.